The van der Waals surface area contributed by atoms with Crippen molar-refractivity contribution in [1.29, 1.82) is 0 Å². The highest BCUT2D eigenvalue weighted by molar-refractivity contribution is 7.91. The first kappa shape index (κ1) is 21.2. The van der Waals surface area contributed by atoms with Crippen LogP contribution in [0.5, 0.6) is 0 Å². The predicted molar refractivity (Wildman–Crippen MR) is 115 cm³/mol. The van der Waals surface area contributed by atoms with E-state index in [0.29, 0.717) is 28.8 Å². The second kappa shape index (κ2) is 7.73. The standard InChI is InChI=1S/C21H22F3N5O2S/c22-21(23,24)15-2-3-17-18(11-15)27-20(26-17)14-1-4-19(25-12-14)29-8-6-28(7-9-29)16-5-10-32(30,31)13-16/h1-4,11-12,16H,5-10,13H2,(H,26,27). The number of nitrogens with zero attached hydrogens (tertiary/aromatic N) is 4. The predicted octanol–water partition coefficient (Wildman–Crippen LogP) is 2.95. The number of alkyl halides is 3. The number of anilines is 1. The zero-order valence-electron chi connectivity index (χ0n) is 17.1. The van der Waals surface area contributed by atoms with Crippen molar-refractivity contribution >= 4 is 26.7 Å². The zero-order valence-corrected chi connectivity index (χ0v) is 18.0. The molecule has 2 fully saturated rings. The van der Waals surface area contributed by atoms with Crippen LogP contribution in [0.15, 0.2) is 36.5 Å². The van der Waals surface area contributed by atoms with Gasteiger partial charge in [-0.3, -0.25) is 4.90 Å². The average molecular weight is 466 g/mol. The molecule has 1 aromatic carbocycles. The molecule has 0 amide bonds. The normalized spacial score (nSPS) is 22.0. The molecule has 1 atom stereocenters. The molecule has 2 saturated heterocycles. The Bertz CT molecular complexity index is 1230. The third-order valence-electron chi connectivity index (χ3n) is 6.19. The van der Waals surface area contributed by atoms with E-state index in [0.717, 1.165) is 44.1 Å². The number of halogens is 3. The van der Waals surface area contributed by atoms with Gasteiger partial charge in [0.15, 0.2) is 9.84 Å². The number of hydrogen-bond donors (Lipinski definition) is 1. The molecule has 7 nitrogen and oxygen atoms in total. The van der Waals surface area contributed by atoms with Crippen LogP contribution in [0.2, 0.25) is 0 Å². The van der Waals surface area contributed by atoms with E-state index in [4.69, 9.17) is 0 Å². The van der Waals surface area contributed by atoms with Gasteiger partial charge in [0, 0.05) is 44.0 Å². The highest BCUT2D eigenvalue weighted by Gasteiger charge is 2.34. The number of pyridine rings is 1. The Kier molecular flexibility index (Phi) is 5.12. The van der Waals surface area contributed by atoms with Gasteiger partial charge in [-0.25, -0.2) is 18.4 Å². The van der Waals surface area contributed by atoms with E-state index in [1.807, 2.05) is 12.1 Å². The lowest BCUT2D eigenvalue weighted by Gasteiger charge is -2.38. The van der Waals surface area contributed by atoms with E-state index in [1.165, 1.54) is 6.07 Å². The van der Waals surface area contributed by atoms with Crippen LogP contribution in [-0.4, -0.2) is 72.0 Å². The maximum Gasteiger partial charge on any atom is 0.416 e. The minimum atomic E-state index is -4.40. The molecule has 0 aliphatic carbocycles. The van der Waals surface area contributed by atoms with Crippen LogP contribution in [0.25, 0.3) is 22.4 Å². The molecule has 1 N–H and O–H groups in total. The minimum Gasteiger partial charge on any atom is -0.354 e. The number of aromatic nitrogens is 3. The molecule has 3 aromatic rings. The summed E-state index contributed by atoms with van der Waals surface area (Å²) in [4.78, 5) is 16.3. The number of hydrogen-bond acceptors (Lipinski definition) is 6. The van der Waals surface area contributed by atoms with Crippen molar-refractivity contribution in [3.05, 3.63) is 42.1 Å². The molecule has 2 aromatic heterocycles. The summed E-state index contributed by atoms with van der Waals surface area (Å²) in [6.45, 7) is 3.09. The van der Waals surface area contributed by atoms with Gasteiger partial charge in [0.2, 0.25) is 0 Å². The maximum absolute atomic E-state index is 12.9. The molecular formula is C21H22F3N5O2S. The van der Waals surface area contributed by atoms with Crippen LogP contribution < -0.4 is 4.90 Å². The van der Waals surface area contributed by atoms with Crippen molar-refractivity contribution in [3.63, 3.8) is 0 Å². The van der Waals surface area contributed by atoms with Crippen LogP contribution in [0.3, 0.4) is 0 Å². The van der Waals surface area contributed by atoms with Crippen LogP contribution in [0.4, 0.5) is 19.0 Å². The largest absolute Gasteiger partial charge is 0.416 e. The Balaban J connectivity index is 1.27. The molecule has 4 heterocycles. The fourth-order valence-corrected chi connectivity index (χ4v) is 6.18. The molecule has 5 rings (SSSR count). The highest BCUT2D eigenvalue weighted by atomic mass is 32.2. The zero-order chi connectivity index (χ0) is 22.5. The molecule has 170 valence electrons. The van der Waals surface area contributed by atoms with Gasteiger partial charge in [0.25, 0.3) is 0 Å². The van der Waals surface area contributed by atoms with Gasteiger partial charge in [-0.1, -0.05) is 0 Å². The Hall–Kier alpha value is -2.66. The first-order valence-electron chi connectivity index (χ1n) is 10.4. The van der Waals surface area contributed by atoms with Crippen LogP contribution in [0.1, 0.15) is 12.0 Å². The van der Waals surface area contributed by atoms with E-state index in [2.05, 4.69) is 24.8 Å². The lowest BCUT2D eigenvalue weighted by atomic mass is 10.2. The van der Waals surface area contributed by atoms with Crippen molar-refractivity contribution in [2.24, 2.45) is 0 Å². The monoisotopic (exact) mass is 465 g/mol. The van der Waals surface area contributed by atoms with Crippen molar-refractivity contribution < 1.29 is 21.6 Å². The SMILES string of the molecule is O=S1(=O)CCC(N2CCN(c3ccc(-c4nc5ccc(C(F)(F)F)cc5[nH]4)cn3)CC2)C1. The van der Waals surface area contributed by atoms with Gasteiger partial charge in [-0.15, -0.1) is 0 Å². The van der Waals surface area contributed by atoms with Crippen molar-refractivity contribution in [1.82, 2.24) is 19.9 Å². The number of piperazine rings is 1. The van der Waals surface area contributed by atoms with E-state index in [-0.39, 0.29) is 17.5 Å². The molecule has 0 bridgehead atoms. The number of fused-ring (bicyclic) bond motifs is 1. The number of aromatic amines is 1. The molecule has 0 spiro atoms. The minimum absolute atomic E-state index is 0.114. The van der Waals surface area contributed by atoms with E-state index in [9.17, 15) is 21.6 Å². The van der Waals surface area contributed by atoms with Crippen molar-refractivity contribution in [2.45, 2.75) is 18.6 Å². The number of benzene rings is 1. The van der Waals surface area contributed by atoms with Crippen LogP contribution >= 0.6 is 0 Å². The molecule has 0 saturated carbocycles. The molecule has 11 heteroatoms. The molecule has 1 unspecified atom stereocenters. The van der Waals surface area contributed by atoms with E-state index in [1.54, 1.807) is 6.20 Å². The lowest BCUT2D eigenvalue weighted by Crippen LogP contribution is -2.51. The van der Waals surface area contributed by atoms with E-state index >= 15 is 0 Å². The lowest BCUT2D eigenvalue weighted by molar-refractivity contribution is -0.137. The first-order chi connectivity index (χ1) is 15.2. The summed E-state index contributed by atoms with van der Waals surface area (Å²) in [7, 11) is -2.89. The number of imidazole rings is 1. The second-order valence-electron chi connectivity index (χ2n) is 8.30. The van der Waals surface area contributed by atoms with Crippen molar-refractivity contribution in [3.8, 4) is 11.4 Å². The number of rotatable bonds is 3. The summed E-state index contributed by atoms with van der Waals surface area (Å²) in [6, 6.07) is 7.27. The van der Waals surface area contributed by atoms with Gasteiger partial charge >= 0.3 is 6.18 Å². The summed E-state index contributed by atoms with van der Waals surface area (Å²) >= 11 is 0. The Morgan fingerprint density at radius 2 is 1.84 bits per heavy atom. The van der Waals surface area contributed by atoms with Gasteiger partial charge in [-0.05, 0) is 36.8 Å². The molecule has 2 aliphatic heterocycles. The maximum atomic E-state index is 12.9. The molecule has 2 aliphatic rings. The summed E-state index contributed by atoms with van der Waals surface area (Å²) < 4.78 is 62.3. The molecule has 32 heavy (non-hydrogen) atoms. The van der Waals surface area contributed by atoms with Gasteiger partial charge in [-0.2, -0.15) is 13.2 Å². The number of nitrogens with one attached hydrogen (secondary N) is 1. The number of H-pyrrole nitrogens is 1. The van der Waals surface area contributed by atoms with Crippen LogP contribution in [0, 0.1) is 0 Å². The third kappa shape index (κ3) is 4.18. The summed E-state index contributed by atoms with van der Waals surface area (Å²) in [5, 5.41) is 0. The topological polar surface area (TPSA) is 82.2 Å². The molecule has 0 radical (unpaired) electrons. The van der Waals surface area contributed by atoms with Gasteiger partial charge < -0.3 is 9.88 Å². The first-order valence-corrected chi connectivity index (χ1v) is 12.2. The molecular weight excluding hydrogens is 443 g/mol. The van der Waals surface area contributed by atoms with Gasteiger partial charge in [0.1, 0.15) is 11.6 Å². The average Bonchev–Trinajstić information content (AvgIpc) is 3.36. The fraction of sp³-hybridized carbons (Fsp3) is 0.429. The van der Waals surface area contributed by atoms with Crippen LogP contribution in [-0.2, 0) is 16.0 Å². The second-order valence-corrected chi connectivity index (χ2v) is 10.5. The Morgan fingerprint density at radius 1 is 1.06 bits per heavy atom. The quantitative estimate of drug-likeness (QED) is 0.641. The smallest absolute Gasteiger partial charge is 0.354 e. The summed E-state index contributed by atoms with van der Waals surface area (Å²) in [5.74, 6) is 1.80. The van der Waals surface area contributed by atoms with Gasteiger partial charge in [0.05, 0.1) is 28.1 Å². The third-order valence-corrected chi connectivity index (χ3v) is 7.94. The highest BCUT2D eigenvalue weighted by Crippen LogP contribution is 2.32. The number of sulfone groups is 1. The Labute approximate surface area is 183 Å². The Morgan fingerprint density at radius 3 is 2.47 bits per heavy atom. The van der Waals surface area contributed by atoms with E-state index < -0.39 is 21.6 Å². The summed E-state index contributed by atoms with van der Waals surface area (Å²) in [6.07, 6.45) is -2.04. The fourth-order valence-electron chi connectivity index (χ4n) is 4.42. The van der Waals surface area contributed by atoms with Crippen molar-refractivity contribution in [2.75, 3.05) is 42.6 Å². The summed E-state index contributed by atoms with van der Waals surface area (Å²) in [5.41, 5.74) is 0.752.